The topological polar surface area (TPSA) is 99.3 Å². The van der Waals surface area contributed by atoms with Crippen molar-refractivity contribution in [3.8, 4) is 0 Å². The lowest BCUT2D eigenvalue weighted by molar-refractivity contribution is -0.131. The zero-order chi connectivity index (χ0) is 14.3. The van der Waals surface area contributed by atoms with Crippen molar-refractivity contribution >= 4 is 17.7 Å². The second kappa shape index (κ2) is 7.65. The normalized spacial score (nSPS) is 15.2. The highest BCUT2D eigenvalue weighted by Gasteiger charge is 2.21. The van der Waals surface area contributed by atoms with Gasteiger partial charge in [0.05, 0.1) is 6.04 Å². The van der Waals surface area contributed by atoms with Crippen molar-refractivity contribution in [2.24, 2.45) is 0 Å². The quantitative estimate of drug-likeness (QED) is 0.459. The van der Waals surface area contributed by atoms with Crippen LogP contribution in [0, 0.1) is 0 Å². The third-order valence-electron chi connectivity index (χ3n) is 2.58. The SMILES string of the molecule is CNC(=O)C(C)NC(=O)C(C)NC(=O)C(C)NC. The molecule has 3 atom stereocenters. The Morgan fingerprint density at radius 3 is 1.50 bits per heavy atom. The van der Waals surface area contributed by atoms with E-state index >= 15 is 0 Å². The van der Waals surface area contributed by atoms with Crippen LogP contribution in [0.2, 0.25) is 0 Å². The number of likely N-dealkylation sites (N-methyl/N-ethyl adjacent to an activating group) is 2. The van der Waals surface area contributed by atoms with Crippen LogP contribution in [0.3, 0.4) is 0 Å². The fourth-order valence-corrected chi connectivity index (χ4v) is 1.16. The number of amides is 3. The van der Waals surface area contributed by atoms with Gasteiger partial charge in [0.25, 0.3) is 0 Å². The first-order chi connectivity index (χ1) is 8.33. The lowest BCUT2D eigenvalue weighted by Crippen LogP contribution is -2.53. The molecule has 0 bridgehead atoms. The average Bonchev–Trinajstić information content (AvgIpc) is 2.35. The molecule has 0 rings (SSSR count). The van der Waals surface area contributed by atoms with Crippen LogP contribution in [0.5, 0.6) is 0 Å². The summed E-state index contributed by atoms with van der Waals surface area (Å²) in [4.78, 5) is 34.4. The van der Waals surface area contributed by atoms with Crippen LogP contribution in [-0.4, -0.2) is 49.9 Å². The summed E-state index contributed by atoms with van der Waals surface area (Å²) in [7, 11) is 3.15. The number of carbonyl (C=O) groups is 3. The van der Waals surface area contributed by atoms with Crippen LogP contribution in [0.15, 0.2) is 0 Å². The molecule has 0 aliphatic rings. The van der Waals surface area contributed by atoms with E-state index in [0.29, 0.717) is 0 Å². The monoisotopic (exact) mass is 258 g/mol. The lowest BCUT2D eigenvalue weighted by Gasteiger charge is -2.19. The van der Waals surface area contributed by atoms with E-state index in [9.17, 15) is 14.4 Å². The molecular weight excluding hydrogens is 236 g/mol. The van der Waals surface area contributed by atoms with Gasteiger partial charge in [-0.05, 0) is 27.8 Å². The van der Waals surface area contributed by atoms with Crippen LogP contribution < -0.4 is 21.3 Å². The molecule has 4 N–H and O–H groups in total. The molecule has 0 fully saturated rings. The van der Waals surface area contributed by atoms with Crippen molar-refractivity contribution in [2.75, 3.05) is 14.1 Å². The summed E-state index contributed by atoms with van der Waals surface area (Å²) in [6.45, 7) is 4.82. The van der Waals surface area contributed by atoms with Gasteiger partial charge in [-0.3, -0.25) is 14.4 Å². The van der Waals surface area contributed by atoms with E-state index in [0.717, 1.165) is 0 Å². The minimum absolute atomic E-state index is 0.271. The molecule has 104 valence electrons. The Bertz CT molecular complexity index is 319. The van der Waals surface area contributed by atoms with Gasteiger partial charge in [-0.2, -0.15) is 0 Å². The molecule has 3 amide bonds. The molecule has 0 saturated heterocycles. The van der Waals surface area contributed by atoms with E-state index in [1.807, 2.05) is 0 Å². The van der Waals surface area contributed by atoms with Gasteiger partial charge < -0.3 is 21.3 Å². The van der Waals surface area contributed by atoms with Gasteiger partial charge in [0.2, 0.25) is 17.7 Å². The molecule has 0 radical (unpaired) electrons. The molecule has 0 saturated carbocycles. The maximum atomic E-state index is 11.7. The third kappa shape index (κ3) is 5.13. The van der Waals surface area contributed by atoms with Crippen LogP contribution in [0.1, 0.15) is 20.8 Å². The summed E-state index contributed by atoms with van der Waals surface area (Å²) < 4.78 is 0. The van der Waals surface area contributed by atoms with Crippen molar-refractivity contribution in [2.45, 2.75) is 38.9 Å². The van der Waals surface area contributed by atoms with Gasteiger partial charge in [-0.25, -0.2) is 0 Å². The smallest absolute Gasteiger partial charge is 0.242 e. The summed E-state index contributed by atoms with van der Waals surface area (Å²) in [5.74, 6) is -0.957. The van der Waals surface area contributed by atoms with E-state index in [1.165, 1.54) is 7.05 Å². The molecule has 0 spiro atoms. The number of rotatable bonds is 6. The molecule has 7 nitrogen and oxygen atoms in total. The molecule has 0 aliphatic carbocycles. The summed E-state index contributed by atoms with van der Waals surface area (Å²) >= 11 is 0. The van der Waals surface area contributed by atoms with E-state index in [4.69, 9.17) is 0 Å². The highest BCUT2D eigenvalue weighted by Crippen LogP contribution is 1.89. The van der Waals surface area contributed by atoms with Crippen LogP contribution >= 0.6 is 0 Å². The van der Waals surface area contributed by atoms with Gasteiger partial charge >= 0.3 is 0 Å². The van der Waals surface area contributed by atoms with Gasteiger partial charge in [-0.15, -0.1) is 0 Å². The fourth-order valence-electron chi connectivity index (χ4n) is 1.16. The Morgan fingerprint density at radius 2 is 1.11 bits per heavy atom. The van der Waals surface area contributed by atoms with Gasteiger partial charge in [0, 0.05) is 7.05 Å². The fraction of sp³-hybridized carbons (Fsp3) is 0.727. The summed E-state index contributed by atoms with van der Waals surface area (Å²) in [6.07, 6.45) is 0. The molecule has 0 heterocycles. The highest BCUT2D eigenvalue weighted by atomic mass is 16.2. The Hall–Kier alpha value is -1.63. The van der Waals surface area contributed by atoms with E-state index in [-0.39, 0.29) is 17.9 Å². The largest absolute Gasteiger partial charge is 0.357 e. The van der Waals surface area contributed by atoms with Crippen molar-refractivity contribution in [3.63, 3.8) is 0 Å². The standard InChI is InChI=1S/C11H22N4O3/c1-6(12-4)10(17)15-8(3)11(18)14-7(2)9(16)13-5/h6-8,12H,1-5H3,(H,13,16)(H,14,18)(H,15,17). The second-order valence-corrected chi connectivity index (χ2v) is 4.09. The Kier molecular flexibility index (Phi) is 6.96. The number of carbonyl (C=O) groups excluding carboxylic acids is 3. The lowest BCUT2D eigenvalue weighted by atomic mass is 10.2. The maximum absolute atomic E-state index is 11.7. The third-order valence-corrected chi connectivity index (χ3v) is 2.58. The summed E-state index contributed by atoms with van der Waals surface area (Å²) in [5, 5.41) is 10.2. The predicted octanol–water partition coefficient (Wildman–Crippen LogP) is -1.65. The molecule has 7 heteroatoms. The number of hydrogen-bond acceptors (Lipinski definition) is 4. The summed E-state index contributed by atoms with van der Waals surface area (Å²) in [5.41, 5.74) is 0. The first-order valence-corrected chi connectivity index (χ1v) is 5.83. The van der Waals surface area contributed by atoms with Gasteiger partial charge in [0.1, 0.15) is 12.1 Å². The van der Waals surface area contributed by atoms with Crippen LogP contribution in [-0.2, 0) is 14.4 Å². The first kappa shape index (κ1) is 16.4. The Labute approximate surface area is 107 Å². The molecule has 0 aromatic rings. The van der Waals surface area contributed by atoms with E-state index < -0.39 is 18.0 Å². The van der Waals surface area contributed by atoms with Crippen molar-refractivity contribution in [3.05, 3.63) is 0 Å². The summed E-state index contributed by atoms with van der Waals surface area (Å²) in [6, 6.07) is -1.71. The number of hydrogen-bond donors (Lipinski definition) is 4. The van der Waals surface area contributed by atoms with E-state index in [2.05, 4.69) is 21.3 Å². The Balaban J connectivity index is 4.27. The van der Waals surface area contributed by atoms with Gasteiger partial charge in [-0.1, -0.05) is 0 Å². The minimum Gasteiger partial charge on any atom is -0.357 e. The number of nitrogens with one attached hydrogen (secondary N) is 4. The van der Waals surface area contributed by atoms with Crippen LogP contribution in [0.4, 0.5) is 0 Å². The van der Waals surface area contributed by atoms with Crippen molar-refractivity contribution in [1.82, 2.24) is 21.3 Å². The zero-order valence-electron chi connectivity index (χ0n) is 11.5. The predicted molar refractivity (Wildman–Crippen MR) is 67.8 cm³/mol. The first-order valence-electron chi connectivity index (χ1n) is 5.83. The van der Waals surface area contributed by atoms with Gasteiger partial charge in [0.15, 0.2) is 0 Å². The second-order valence-electron chi connectivity index (χ2n) is 4.09. The molecule has 0 aromatic heterocycles. The maximum Gasteiger partial charge on any atom is 0.242 e. The Morgan fingerprint density at radius 1 is 0.722 bits per heavy atom. The van der Waals surface area contributed by atoms with Crippen LogP contribution in [0.25, 0.3) is 0 Å². The average molecular weight is 258 g/mol. The minimum atomic E-state index is -0.694. The van der Waals surface area contributed by atoms with Crippen molar-refractivity contribution < 1.29 is 14.4 Å². The molecule has 3 unspecified atom stereocenters. The highest BCUT2D eigenvalue weighted by molar-refractivity contribution is 5.92. The van der Waals surface area contributed by atoms with E-state index in [1.54, 1.807) is 27.8 Å². The molecule has 18 heavy (non-hydrogen) atoms. The molecular formula is C11H22N4O3. The zero-order valence-corrected chi connectivity index (χ0v) is 11.5. The molecule has 0 aromatic carbocycles. The van der Waals surface area contributed by atoms with Crippen molar-refractivity contribution in [1.29, 1.82) is 0 Å². The molecule has 0 aliphatic heterocycles.